The maximum absolute atomic E-state index is 13.1. The molecule has 0 radical (unpaired) electrons. The first kappa shape index (κ1) is 18.7. The highest BCUT2D eigenvalue weighted by atomic mass is 16.5. The van der Waals surface area contributed by atoms with E-state index in [2.05, 4.69) is 11.4 Å². The van der Waals surface area contributed by atoms with Gasteiger partial charge in [-0.15, -0.1) is 0 Å². The van der Waals surface area contributed by atoms with E-state index in [-0.39, 0.29) is 17.2 Å². The van der Waals surface area contributed by atoms with Crippen molar-refractivity contribution in [1.82, 2.24) is 4.57 Å². The van der Waals surface area contributed by atoms with E-state index in [9.17, 15) is 10.1 Å². The van der Waals surface area contributed by atoms with Crippen molar-refractivity contribution in [3.05, 3.63) is 59.1 Å². The lowest BCUT2D eigenvalue weighted by molar-refractivity contribution is 0.102. The number of nitriles is 1. The van der Waals surface area contributed by atoms with Gasteiger partial charge in [-0.3, -0.25) is 9.36 Å². The van der Waals surface area contributed by atoms with Gasteiger partial charge in [0.2, 0.25) is 5.88 Å². The lowest BCUT2D eigenvalue weighted by Crippen LogP contribution is -2.15. The summed E-state index contributed by atoms with van der Waals surface area (Å²) in [5.74, 6) is 1.55. The van der Waals surface area contributed by atoms with Crippen LogP contribution < -0.4 is 14.8 Å². The highest BCUT2D eigenvalue weighted by Crippen LogP contribution is 2.38. The van der Waals surface area contributed by atoms with Crippen molar-refractivity contribution in [3.8, 4) is 23.5 Å². The summed E-state index contributed by atoms with van der Waals surface area (Å²) in [5.41, 5.74) is 1.93. The number of nitrogens with one attached hydrogen (secondary N) is 1. The molecule has 7 nitrogen and oxygen atoms in total. The van der Waals surface area contributed by atoms with Gasteiger partial charge < -0.3 is 19.2 Å². The molecule has 29 heavy (non-hydrogen) atoms. The molecule has 0 bridgehead atoms. The SMILES string of the molecule is CCOc1cc2c(cc1NC(=O)c1c(C)oc(-n3cccc3)c1C#N)OC(C)C2. The average molecular weight is 391 g/mol. The molecular formula is C22H21N3O4. The molecule has 0 saturated heterocycles. The average Bonchev–Trinajstić information content (AvgIpc) is 3.39. The van der Waals surface area contributed by atoms with Crippen LogP contribution in [0.3, 0.4) is 0 Å². The minimum atomic E-state index is -0.437. The van der Waals surface area contributed by atoms with Gasteiger partial charge in [-0.05, 0) is 39.0 Å². The number of nitrogens with zero attached hydrogens (tertiary/aromatic N) is 2. The second kappa shape index (κ2) is 7.40. The maximum Gasteiger partial charge on any atom is 0.260 e. The molecule has 3 aromatic rings. The Morgan fingerprint density at radius 1 is 1.38 bits per heavy atom. The molecule has 3 heterocycles. The van der Waals surface area contributed by atoms with E-state index in [1.54, 1.807) is 30.0 Å². The highest BCUT2D eigenvalue weighted by Gasteiger charge is 2.27. The van der Waals surface area contributed by atoms with Crippen LogP contribution in [0.5, 0.6) is 11.5 Å². The number of amides is 1. The van der Waals surface area contributed by atoms with Crippen LogP contribution in [0.2, 0.25) is 0 Å². The van der Waals surface area contributed by atoms with Gasteiger partial charge in [0.15, 0.2) is 0 Å². The number of aryl methyl sites for hydroxylation is 1. The molecule has 0 spiro atoms. The van der Waals surface area contributed by atoms with E-state index in [1.807, 2.05) is 32.0 Å². The van der Waals surface area contributed by atoms with Crippen LogP contribution in [0.1, 0.15) is 41.1 Å². The fourth-order valence-corrected chi connectivity index (χ4v) is 3.56. The summed E-state index contributed by atoms with van der Waals surface area (Å²) in [7, 11) is 0. The molecule has 0 fully saturated rings. The van der Waals surface area contributed by atoms with Crippen LogP contribution in [-0.2, 0) is 6.42 Å². The predicted octanol–water partition coefficient (Wildman–Crippen LogP) is 4.22. The van der Waals surface area contributed by atoms with Gasteiger partial charge in [0.05, 0.1) is 12.3 Å². The molecule has 0 aliphatic carbocycles. The summed E-state index contributed by atoms with van der Waals surface area (Å²) in [4.78, 5) is 13.1. The number of hydrogen-bond donors (Lipinski definition) is 1. The molecule has 148 valence electrons. The summed E-state index contributed by atoms with van der Waals surface area (Å²) in [6, 6.07) is 9.41. The Morgan fingerprint density at radius 3 is 2.83 bits per heavy atom. The normalized spacial score (nSPS) is 14.8. The number of furan rings is 1. The second-order valence-electron chi connectivity index (χ2n) is 6.89. The molecular weight excluding hydrogens is 370 g/mol. The Balaban J connectivity index is 1.71. The number of rotatable bonds is 5. The summed E-state index contributed by atoms with van der Waals surface area (Å²) >= 11 is 0. The van der Waals surface area contributed by atoms with E-state index < -0.39 is 5.91 Å². The molecule has 7 heteroatoms. The maximum atomic E-state index is 13.1. The van der Waals surface area contributed by atoms with Crippen molar-refractivity contribution in [2.75, 3.05) is 11.9 Å². The minimum Gasteiger partial charge on any atom is -0.492 e. The van der Waals surface area contributed by atoms with Crippen molar-refractivity contribution in [2.45, 2.75) is 33.3 Å². The minimum absolute atomic E-state index is 0.0795. The second-order valence-corrected chi connectivity index (χ2v) is 6.89. The van der Waals surface area contributed by atoms with Crippen LogP contribution in [0, 0.1) is 18.3 Å². The Hall–Kier alpha value is -3.66. The Labute approximate surface area is 168 Å². The van der Waals surface area contributed by atoms with Crippen molar-refractivity contribution in [1.29, 1.82) is 5.26 Å². The number of ether oxygens (including phenoxy) is 2. The Morgan fingerprint density at radius 2 is 2.14 bits per heavy atom. The molecule has 4 rings (SSSR count). The topological polar surface area (TPSA) is 89.4 Å². The Bertz CT molecular complexity index is 1110. The Kier molecular flexibility index (Phi) is 4.77. The fraction of sp³-hybridized carbons (Fsp3) is 0.273. The zero-order chi connectivity index (χ0) is 20.5. The van der Waals surface area contributed by atoms with Gasteiger partial charge in [-0.25, -0.2) is 0 Å². The molecule has 1 aliphatic heterocycles. The third-order valence-electron chi connectivity index (χ3n) is 4.79. The first-order valence-electron chi connectivity index (χ1n) is 9.46. The first-order valence-corrected chi connectivity index (χ1v) is 9.46. The molecule has 1 unspecified atom stereocenters. The number of fused-ring (bicyclic) bond motifs is 1. The summed E-state index contributed by atoms with van der Waals surface area (Å²) < 4.78 is 18.9. The predicted molar refractivity (Wildman–Crippen MR) is 107 cm³/mol. The van der Waals surface area contributed by atoms with Crippen molar-refractivity contribution in [3.63, 3.8) is 0 Å². The summed E-state index contributed by atoms with van der Waals surface area (Å²) in [5, 5.41) is 12.5. The van der Waals surface area contributed by atoms with E-state index in [1.165, 1.54) is 0 Å². The smallest absolute Gasteiger partial charge is 0.260 e. The van der Waals surface area contributed by atoms with Gasteiger partial charge in [0, 0.05) is 30.4 Å². The van der Waals surface area contributed by atoms with Crippen LogP contribution in [0.4, 0.5) is 5.69 Å². The zero-order valence-corrected chi connectivity index (χ0v) is 16.5. The lowest BCUT2D eigenvalue weighted by atomic mass is 10.1. The van der Waals surface area contributed by atoms with E-state index in [4.69, 9.17) is 13.9 Å². The van der Waals surface area contributed by atoms with Crippen molar-refractivity contribution >= 4 is 11.6 Å². The van der Waals surface area contributed by atoms with Gasteiger partial charge in [-0.2, -0.15) is 5.26 Å². The first-order chi connectivity index (χ1) is 14.0. The third-order valence-corrected chi connectivity index (χ3v) is 4.79. The largest absolute Gasteiger partial charge is 0.492 e. The fourth-order valence-electron chi connectivity index (χ4n) is 3.56. The number of aromatic nitrogens is 1. The molecule has 1 atom stereocenters. The van der Waals surface area contributed by atoms with E-state index in [0.29, 0.717) is 29.7 Å². The summed E-state index contributed by atoms with van der Waals surface area (Å²) in [6.07, 6.45) is 4.39. The number of hydrogen-bond acceptors (Lipinski definition) is 5. The van der Waals surface area contributed by atoms with Gasteiger partial charge in [0.1, 0.15) is 40.6 Å². The van der Waals surface area contributed by atoms with Gasteiger partial charge >= 0.3 is 0 Å². The van der Waals surface area contributed by atoms with Gasteiger partial charge in [0.25, 0.3) is 5.91 Å². The highest BCUT2D eigenvalue weighted by molar-refractivity contribution is 6.08. The van der Waals surface area contributed by atoms with Gasteiger partial charge in [-0.1, -0.05) is 0 Å². The van der Waals surface area contributed by atoms with Crippen LogP contribution >= 0.6 is 0 Å². The quantitative estimate of drug-likeness (QED) is 0.703. The third kappa shape index (κ3) is 3.34. The van der Waals surface area contributed by atoms with Crippen LogP contribution in [-0.4, -0.2) is 23.2 Å². The molecule has 1 N–H and O–H groups in total. The van der Waals surface area contributed by atoms with Crippen molar-refractivity contribution < 1.29 is 18.7 Å². The zero-order valence-electron chi connectivity index (χ0n) is 16.5. The molecule has 1 amide bonds. The number of carbonyl (C=O) groups excluding carboxylic acids is 1. The van der Waals surface area contributed by atoms with Crippen LogP contribution in [0.15, 0.2) is 41.1 Å². The number of anilines is 1. The monoisotopic (exact) mass is 391 g/mol. The molecule has 1 aromatic carbocycles. The van der Waals surface area contributed by atoms with E-state index in [0.717, 1.165) is 17.7 Å². The number of carbonyl (C=O) groups is 1. The standard InChI is InChI=1S/C22H21N3O4/c1-4-27-19-10-15-9-13(2)28-18(15)11-17(19)24-21(26)20-14(3)29-22(16(20)12-23)25-7-5-6-8-25/h5-8,10-11,13H,4,9H2,1-3H3,(H,24,26). The lowest BCUT2D eigenvalue weighted by Gasteiger charge is -2.13. The molecule has 0 saturated carbocycles. The molecule has 1 aliphatic rings. The summed E-state index contributed by atoms with van der Waals surface area (Å²) in [6.45, 7) is 6.01. The van der Waals surface area contributed by atoms with Crippen LogP contribution in [0.25, 0.3) is 5.88 Å². The molecule has 2 aromatic heterocycles. The number of benzene rings is 1. The van der Waals surface area contributed by atoms with E-state index >= 15 is 0 Å². The van der Waals surface area contributed by atoms with Crippen molar-refractivity contribution in [2.24, 2.45) is 0 Å².